The highest BCUT2D eigenvalue weighted by molar-refractivity contribution is 7.90. The van der Waals surface area contributed by atoms with Crippen LogP contribution in [0.2, 0.25) is 0 Å². The molecule has 0 unspecified atom stereocenters. The number of halogens is 3. The largest absolute Gasteiger partial charge is 0.486 e. The van der Waals surface area contributed by atoms with Crippen molar-refractivity contribution in [1.29, 1.82) is 0 Å². The van der Waals surface area contributed by atoms with Gasteiger partial charge < -0.3 is 9.47 Å². The van der Waals surface area contributed by atoms with Crippen molar-refractivity contribution >= 4 is 9.84 Å². The summed E-state index contributed by atoms with van der Waals surface area (Å²) in [5.41, 5.74) is -0.424. The molecule has 3 rings (SSSR count). The molecule has 0 atom stereocenters. The Morgan fingerprint density at radius 2 is 1.81 bits per heavy atom. The number of morpholine rings is 1. The number of sulfone groups is 1. The van der Waals surface area contributed by atoms with Gasteiger partial charge in [-0.1, -0.05) is 12.1 Å². The zero-order valence-electron chi connectivity index (χ0n) is 16.8. The van der Waals surface area contributed by atoms with Crippen molar-refractivity contribution in [2.75, 3.05) is 45.7 Å². The minimum atomic E-state index is -4.62. The van der Waals surface area contributed by atoms with Gasteiger partial charge in [0, 0.05) is 31.5 Å². The minimum Gasteiger partial charge on any atom is -0.486 e. The van der Waals surface area contributed by atoms with E-state index < -0.39 is 28.1 Å². The summed E-state index contributed by atoms with van der Waals surface area (Å²) in [6, 6.07) is 5.61. The lowest BCUT2D eigenvalue weighted by Crippen LogP contribution is -2.39. The van der Waals surface area contributed by atoms with Gasteiger partial charge in [-0.3, -0.25) is 9.69 Å². The molecule has 0 radical (unpaired) electrons. The Labute approximate surface area is 177 Å². The lowest BCUT2D eigenvalue weighted by molar-refractivity contribution is -0.143. The molecule has 1 aliphatic heterocycles. The predicted molar refractivity (Wildman–Crippen MR) is 106 cm³/mol. The van der Waals surface area contributed by atoms with Crippen molar-refractivity contribution in [2.24, 2.45) is 0 Å². The first-order valence-corrected chi connectivity index (χ1v) is 11.3. The van der Waals surface area contributed by atoms with Gasteiger partial charge in [0.25, 0.3) is 0 Å². The third kappa shape index (κ3) is 6.28. The molecule has 1 fully saturated rings. The third-order valence-electron chi connectivity index (χ3n) is 4.68. The van der Waals surface area contributed by atoms with E-state index in [1.54, 1.807) is 0 Å². The molecule has 1 aromatic carbocycles. The van der Waals surface area contributed by atoms with Gasteiger partial charge in [-0.15, -0.1) is 0 Å². The molecule has 12 heteroatoms. The van der Waals surface area contributed by atoms with Crippen LogP contribution < -0.4 is 10.3 Å². The zero-order chi connectivity index (χ0) is 22.6. The van der Waals surface area contributed by atoms with E-state index in [1.807, 2.05) is 0 Å². The van der Waals surface area contributed by atoms with E-state index in [-0.39, 0.29) is 22.8 Å². The van der Waals surface area contributed by atoms with E-state index >= 15 is 0 Å². The summed E-state index contributed by atoms with van der Waals surface area (Å²) in [6.45, 7) is 1.54. The molecular formula is C19H22F3N3O5S. The van der Waals surface area contributed by atoms with Crippen molar-refractivity contribution in [3.63, 3.8) is 0 Å². The molecule has 2 aromatic rings. The van der Waals surface area contributed by atoms with Gasteiger partial charge in [0.05, 0.1) is 24.3 Å². The monoisotopic (exact) mass is 461 g/mol. The molecule has 8 nitrogen and oxygen atoms in total. The number of rotatable bonds is 7. The maximum atomic E-state index is 12.8. The van der Waals surface area contributed by atoms with E-state index in [0.717, 1.165) is 12.5 Å². The van der Waals surface area contributed by atoms with Gasteiger partial charge in [-0.25, -0.2) is 13.1 Å². The molecule has 0 spiro atoms. The fourth-order valence-electron chi connectivity index (χ4n) is 3.08. The zero-order valence-corrected chi connectivity index (χ0v) is 17.6. The molecule has 0 N–H and O–H groups in total. The van der Waals surface area contributed by atoms with Crippen LogP contribution in [0.3, 0.4) is 0 Å². The Morgan fingerprint density at radius 1 is 1.16 bits per heavy atom. The quantitative estimate of drug-likeness (QED) is 0.619. The molecule has 1 saturated heterocycles. The summed E-state index contributed by atoms with van der Waals surface area (Å²) < 4.78 is 73.0. The van der Waals surface area contributed by atoms with Gasteiger partial charge in [0.2, 0.25) is 0 Å². The van der Waals surface area contributed by atoms with Gasteiger partial charge in [-0.05, 0) is 17.7 Å². The molecule has 0 bridgehead atoms. The molecule has 170 valence electrons. The second-order valence-electron chi connectivity index (χ2n) is 7.06. The summed E-state index contributed by atoms with van der Waals surface area (Å²) in [5.74, 6) is -0.264. The molecular weight excluding hydrogens is 439 g/mol. The molecule has 2 heterocycles. The maximum absolute atomic E-state index is 12.8. The highest BCUT2D eigenvalue weighted by atomic mass is 32.2. The van der Waals surface area contributed by atoms with E-state index in [1.165, 1.54) is 24.3 Å². The molecule has 0 amide bonds. The van der Waals surface area contributed by atoms with Crippen LogP contribution in [-0.4, -0.2) is 75.0 Å². The van der Waals surface area contributed by atoms with E-state index in [2.05, 4.69) is 10.00 Å². The fourth-order valence-corrected chi connectivity index (χ4v) is 3.71. The van der Waals surface area contributed by atoms with Crippen LogP contribution in [-0.2, 0) is 21.1 Å². The summed E-state index contributed by atoms with van der Waals surface area (Å²) in [4.78, 5) is 14.8. The van der Waals surface area contributed by atoms with Crippen molar-refractivity contribution in [3.05, 3.63) is 40.8 Å². The Morgan fingerprint density at radius 3 is 2.39 bits per heavy atom. The van der Waals surface area contributed by atoms with Crippen molar-refractivity contribution in [1.82, 2.24) is 14.7 Å². The molecule has 31 heavy (non-hydrogen) atoms. The van der Waals surface area contributed by atoms with Crippen LogP contribution in [0.5, 0.6) is 5.75 Å². The average Bonchev–Trinajstić information content (AvgIpc) is 2.70. The van der Waals surface area contributed by atoms with E-state index in [9.17, 15) is 26.4 Å². The number of nitrogens with zero attached hydrogens (tertiary/aromatic N) is 3. The number of ether oxygens (including phenoxy) is 2. The highest BCUT2D eigenvalue weighted by Crippen LogP contribution is 2.28. The standard InChI is InChI=1S/C19H22F3N3O5S/c1-31(27,28)15-4-2-14(3-5-15)16-12-23-25(13-19(20,21)22)18(26)17(16)30-11-8-24-6-9-29-10-7-24/h2-5,12H,6-11,13H2,1H3. The summed E-state index contributed by atoms with van der Waals surface area (Å²) >= 11 is 0. The summed E-state index contributed by atoms with van der Waals surface area (Å²) in [5, 5.41) is 3.63. The number of hydrogen-bond acceptors (Lipinski definition) is 7. The lowest BCUT2D eigenvalue weighted by Gasteiger charge is -2.26. The summed E-state index contributed by atoms with van der Waals surface area (Å²) in [7, 11) is -3.43. The van der Waals surface area contributed by atoms with Crippen LogP contribution in [0.1, 0.15) is 0 Å². The van der Waals surface area contributed by atoms with Gasteiger partial charge in [0.1, 0.15) is 13.2 Å². The SMILES string of the molecule is CS(=O)(=O)c1ccc(-c2cnn(CC(F)(F)F)c(=O)c2OCCN2CCOCC2)cc1. The Bertz CT molecular complexity index is 1060. The van der Waals surface area contributed by atoms with Gasteiger partial charge in [0.15, 0.2) is 15.6 Å². The normalized spacial score (nSPS) is 15.7. The number of aromatic nitrogens is 2. The minimum absolute atomic E-state index is 0.0735. The first-order valence-electron chi connectivity index (χ1n) is 9.45. The topological polar surface area (TPSA) is 90.7 Å². The number of benzene rings is 1. The van der Waals surface area contributed by atoms with Crippen LogP contribution in [0.15, 0.2) is 40.2 Å². The highest BCUT2D eigenvalue weighted by Gasteiger charge is 2.30. The lowest BCUT2D eigenvalue weighted by atomic mass is 10.1. The Balaban J connectivity index is 1.91. The molecule has 1 aliphatic rings. The van der Waals surface area contributed by atoms with Crippen molar-refractivity contribution < 1.29 is 31.1 Å². The smallest absolute Gasteiger partial charge is 0.408 e. The molecule has 0 saturated carbocycles. The van der Waals surface area contributed by atoms with E-state index in [0.29, 0.717) is 43.1 Å². The first kappa shape index (κ1) is 23.2. The Hall–Kier alpha value is -2.44. The van der Waals surface area contributed by atoms with E-state index in [4.69, 9.17) is 9.47 Å². The summed E-state index contributed by atoms with van der Waals surface area (Å²) in [6.07, 6.45) is -2.45. The van der Waals surface area contributed by atoms with Crippen LogP contribution >= 0.6 is 0 Å². The second-order valence-corrected chi connectivity index (χ2v) is 9.08. The number of hydrogen-bond donors (Lipinski definition) is 0. The maximum Gasteiger partial charge on any atom is 0.408 e. The molecule has 1 aromatic heterocycles. The second kappa shape index (κ2) is 9.37. The van der Waals surface area contributed by atoms with Crippen LogP contribution in [0, 0.1) is 0 Å². The van der Waals surface area contributed by atoms with Crippen LogP contribution in [0.4, 0.5) is 13.2 Å². The van der Waals surface area contributed by atoms with Crippen molar-refractivity contribution in [3.8, 4) is 16.9 Å². The Kier molecular flexibility index (Phi) is 7.02. The predicted octanol–water partition coefficient (Wildman–Crippen LogP) is 1.59. The molecule has 0 aliphatic carbocycles. The van der Waals surface area contributed by atoms with Crippen LogP contribution in [0.25, 0.3) is 11.1 Å². The third-order valence-corrected chi connectivity index (χ3v) is 5.81. The van der Waals surface area contributed by atoms with Gasteiger partial charge >= 0.3 is 11.7 Å². The fraction of sp³-hybridized carbons (Fsp3) is 0.474. The van der Waals surface area contributed by atoms with Crippen molar-refractivity contribution in [2.45, 2.75) is 17.6 Å². The average molecular weight is 461 g/mol. The van der Waals surface area contributed by atoms with Gasteiger partial charge in [-0.2, -0.15) is 18.3 Å². The first-order chi connectivity index (χ1) is 14.5. The number of alkyl halides is 3.